The van der Waals surface area contributed by atoms with E-state index in [1.807, 2.05) is 12.1 Å². The third kappa shape index (κ3) is 5.04. The third-order valence-electron chi connectivity index (χ3n) is 7.19. The smallest absolute Gasteiger partial charge is 0.404 e. The largest absolute Gasteiger partial charge is 0.505 e. The highest BCUT2D eigenvalue weighted by atomic mass is 16.7. The number of aliphatic hydroxyl groups excluding tert-OH is 3. The Morgan fingerprint density at radius 3 is 2.59 bits per heavy atom. The van der Waals surface area contributed by atoms with Gasteiger partial charge in [-0.2, -0.15) is 0 Å². The molecule has 2 aliphatic heterocycles. The molecule has 0 bridgehead atoms. The molecule has 1 saturated heterocycles. The molecule has 5 rings (SSSR count). The van der Waals surface area contributed by atoms with Crippen molar-refractivity contribution in [3.8, 4) is 11.5 Å². The van der Waals surface area contributed by atoms with Crippen LogP contribution < -0.4 is 20.5 Å². The maximum atomic E-state index is 13.0. The zero-order valence-corrected chi connectivity index (χ0v) is 22.7. The van der Waals surface area contributed by atoms with Gasteiger partial charge < -0.3 is 55.0 Å². The number of hydrogen-bond acceptors (Lipinski definition) is 10. The number of hydrogen-bond donors (Lipinski definition) is 6. The van der Waals surface area contributed by atoms with Crippen molar-refractivity contribution in [2.24, 2.45) is 5.73 Å². The van der Waals surface area contributed by atoms with Crippen molar-refractivity contribution in [2.45, 2.75) is 57.3 Å². The Hall–Kier alpha value is -4.30. The molecule has 3 aromatic rings. The van der Waals surface area contributed by atoms with Crippen LogP contribution in [0.15, 0.2) is 48.3 Å². The van der Waals surface area contributed by atoms with Gasteiger partial charge in [0.2, 0.25) is 12.6 Å². The first kappa shape index (κ1) is 28.2. The van der Waals surface area contributed by atoms with Gasteiger partial charge in [-0.05, 0) is 39.0 Å². The standard InChI is InChI=1S/C28H31N3O10/c1-12-17(38-26-20(33)22(40-27(29)36)23(37-4)28(2,3)41-26)10-9-14-19(32)18(25(35)39-21(12)14)31-24(34)15-11-30-16-8-6-5-7-13(15)16/h5-11,20,22-23,25-26,30,32-33,35H,1-4H3,(H2,29,36)(H,31,34)/t20-,22+,23-,25?,26-/m1/s1. The topological polar surface area (TPSA) is 195 Å². The minimum atomic E-state index is -1.71. The molecule has 2 aliphatic rings. The number of aromatic nitrogens is 1. The zero-order chi connectivity index (χ0) is 29.6. The van der Waals surface area contributed by atoms with Crippen molar-refractivity contribution in [1.29, 1.82) is 0 Å². The first-order valence-electron chi connectivity index (χ1n) is 12.7. The molecule has 3 heterocycles. The normalized spacial score (nSPS) is 25.3. The number of carbonyl (C=O) groups is 2. The quantitative estimate of drug-likeness (QED) is 0.256. The Morgan fingerprint density at radius 1 is 1.15 bits per heavy atom. The highest BCUT2D eigenvalue weighted by molar-refractivity contribution is 6.07. The van der Waals surface area contributed by atoms with Crippen LogP contribution >= 0.6 is 0 Å². The van der Waals surface area contributed by atoms with Crippen molar-refractivity contribution >= 4 is 28.7 Å². The van der Waals surface area contributed by atoms with Crippen LogP contribution in [0.5, 0.6) is 11.5 Å². The maximum absolute atomic E-state index is 13.0. The number of rotatable bonds is 6. The molecule has 1 aromatic heterocycles. The molecular weight excluding hydrogens is 538 g/mol. The molecule has 1 fully saturated rings. The van der Waals surface area contributed by atoms with Gasteiger partial charge in [0.15, 0.2) is 18.0 Å². The average molecular weight is 570 g/mol. The minimum Gasteiger partial charge on any atom is -0.505 e. The summed E-state index contributed by atoms with van der Waals surface area (Å²) in [6, 6.07) is 10.2. The predicted octanol–water partition coefficient (Wildman–Crippen LogP) is 2.20. The zero-order valence-electron chi connectivity index (χ0n) is 22.7. The van der Waals surface area contributed by atoms with Crippen LogP contribution in [0.1, 0.15) is 35.3 Å². The molecule has 0 aliphatic carbocycles. The maximum Gasteiger partial charge on any atom is 0.404 e. The van der Waals surface area contributed by atoms with Gasteiger partial charge >= 0.3 is 6.09 Å². The second-order valence-electron chi connectivity index (χ2n) is 10.3. The molecule has 13 nitrogen and oxygen atoms in total. The van der Waals surface area contributed by atoms with E-state index >= 15 is 0 Å². The van der Waals surface area contributed by atoms with E-state index in [0.29, 0.717) is 16.5 Å². The molecular formula is C28H31N3O10. The molecule has 7 N–H and O–H groups in total. The number of nitrogens with one attached hydrogen (secondary N) is 2. The van der Waals surface area contributed by atoms with E-state index in [2.05, 4.69) is 10.3 Å². The molecule has 218 valence electrons. The number of aromatic amines is 1. The summed E-state index contributed by atoms with van der Waals surface area (Å²) in [7, 11) is 1.38. The molecule has 13 heteroatoms. The van der Waals surface area contributed by atoms with Crippen LogP contribution in [0.3, 0.4) is 0 Å². The summed E-state index contributed by atoms with van der Waals surface area (Å²) in [6.45, 7) is 4.96. The monoisotopic (exact) mass is 569 g/mol. The lowest BCUT2D eigenvalue weighted by atomic mass is 9.89. The summed E-state index contributed by atoms with van der Waals surface area (Å²) >= 11 is 0. The fraction of sp³-hybridized carbons (Fsp3) is 0.357. The van der Waals surface area contributed by atoms with E-state index in [1.54, 1.807) is 32.9 Å². The Labute approximate surface area is 234 Å². The Morgan fingerprint density at radius 2 is 1.88 bits per heavy atom. The van der Waals surface area contributed by atoms with Gasteiger partial charge in [-0.25, -0.2) is 4.79 Å². The number of benzene rings is 2. The lowest BCUT2D eigenvalue weighted by Gasteiger charge is -2.47. The van der Waals surface area contributed by atoms with Crippen LogP contribution in [0.4, 0.5) is 4.79 Å². The number of H-pyrrole nitrogens is 1. The van der Waals surface area contributed by atoms with E-state index in [-0.39, 0.29) is 22.8 Å². The van der Waals surface area contributed by atoms with Gasteiger partial charge in [-0.15, -0.1) is 0 Å². The average Bonchev–Trinajstić information content (AvgIpc) is 3.35. The summed E-state index contributed by atoms with van der Waals surface area (Å²) in [4.78, 5) is 27.5. The summed E-state index contributed by atoms with van der Waals surface area (Å²) < 4.78 is 28.1. The van der Waals surface area contributed by atoms with Gasteiger partial charge in [0, 0.05) is 29.8 Å². The number of primary amides is 1. The Bertz CT molecular complexity index is 1530. The number of fused-ring (bicyclic) bond motifs is 2. The minimum absolute atomic E-state index is 0.0851. The van der Waals surface area contributed by atoms with Crippen LogP contribution in [0, 0.1) is 6.92 Å². The highest BCUT2D eigenvalue weighted by Gasteiger charge is 2.53. The molecule has 41 heavy (non-hydrogen) atoms. The van der Waals surface area contributed by atoms with E-state index in [4.69, 9.17) is 29.4 Å². The first-order chi connectivity index (χ1) is 19.4. The number of para-hydroxylation sites is 1. The van der Waals surface area contributed by atoms with Crippen molar-refractivity contribution in [3.63, 3.8) is 0 Å². The number of carbonyl (C=O) groups excluding carboxylic acids is 2. The molecule has 0 saturated carbocycles. The summed E-state index contributed by atoms with van der Waals surface area (Å²) in [6.07, 6.45) is -6.13. The number of nitrogens with two attached hydrogens (primary N) is 1. The Kier molecular flexibility index (Phi) is 7.30. The fourth-order valence-electron chi connectivity index (χ4n) is 5.21. The summed E-state index contributed by atoms with van der Waals surface area (Å²) in [5, 5.41) is 35.9. The predicted molar refractivity (Wildman–Crippen MR) is 144 cm³/mol. The van der Waals surface area contributed by atoms with Crippen LogP contribution in [-0.4, -0.2) is 75.9 Å². The van der Waals surface area contributed by atoms with Crippen molar-refractivity contribution in [3.05, 3.63) is 65.0 Å². The second-order valence-corrected chi connectivity index (χ2v) is 10.3. The lowest BCUT2D eigenvalue weighted by molar-refractivity contribution is -0.304. The molecule has 2 aromatic carbocycles. The summed E-state index contributed by atoms with van der Waals surface area (Å²) in [5.41, 5.74) is 5.53. The van der Waals surface area contributed by atoms with Crippen molar-refractivity contribution in [2.75, 3.05) is 7.11 Å². The molecule has 0 radical (unpaired) electrons. The number of ether oxygens (including phenoxy) is 5. The van der Waals surface area contributed by atoms with Gasteiger partial charge in [-0.1, -0.05) is 18.2 Å². The van der Waals surface area contributed by atoms with Crippen molar-refractivity contribution < 1.29 is 48.6 Å². The van der Waals surface area contributed by atoms with Crippen LogP contribution in [0.25, 0.3) is 16.7 Å². The van der Waals surface area contributed by atoms with Gasteiger partial charge in [-0.3, -0.25) is 4.79 Å². The molecule has 5 atom stereocenters. The third-order valence-corrected chi connectivity index (χ3v) is 7.19. The number of methoxy groups -OCH3 is 1. The van der Waals surface area contributed by atoms with Crippen LogP contribution in [0.2, 0.25) is 0 Å². The fourth-order valence-corrected chi connectivity index (χ4v) is 5.21. The molecule has 2 amide bonds. The highest BCUT2D eigenvalue weighted by Crippen LogP contribution is 2.41. The van der Waals surface area contributed by atoms with Gasteiger partial charge in [0.25, 0.3) is 5.91 Å². The van der Waals surface area contributed by atoms with E-state index in [9.17, 15) is 24.9 Å². The van der Waals surface area contributed by atoms with Gasteiger partial charge in [0.05, 0.1) is 16.7 Å². The van der Waals surface area contributed by atoms with Crippen LogP contribution in [-0.2, 0) is 14.2 Å². The lowest BCUT2D eigenvalue weighted by Crippen LogP contribution is -2.65. The summed E-state index contributed by atoms with van der Waals surface area (Å²) in [5.74, 6) is -0.681. The SMILES string of the molecule is CO[C@@H]1[C@@H](OC(N)=O)[C@@H](O)[C@H](Oc2ccc3c(c2C)OC(O)C(NC(=O)c2c[nH]c4ccccc24)=C3O)OC1(C)C. The Balaban J connectivity index is 1.41. The molecule has 1 unspecified atom stereocenters. The number of aliphatic hydroxyl groups is 3. The molecule has 0 spiro atoms. The second kappa shape index (κ2) is 10.6. The van der Waals surface area contributed by atoms with E-state index in [1.165, 1.54) is 25.4 Å². The first-order valence-corrected chi connectivity index (χ1v) is 12.7. The van der Waals surface area contributed by atoms with Crippen molar-refractivity contribution in [1.82, 2.24) is 10.3 Å². The number of amides is 2. The van der Waals surface area contributed by atoms with E-state index < -0.39 is 54.3 Å². The van der Waals surface area contributed by atoms with Gasteiger partial charge in [0.1, 0.15) is 23.3 Å². The van der Waals surface area contributed by atoms with E-state index in [0.717, 1.165) is 5.52 Å².